The first-order valence-corrected chi connectivity index (χ1v) is 7.16. The molecule has 2 heterocycles. The van der Waals surface area contributed by atoms with E-state index in [2.05, 4.69) is 12.1 Å². The third-order valence-electron chi connectivity index (χ3n) is 3.62. The molecule has 0 aliphatic carbocycles. The predicted octanol–water partition coefficient (Wildman–Crippen LogP) is 2.51. The lowest BCUT2D eigenvalue weighted by Crippen LogP contribution is -2.72. The Morgan fingerprint density at radius 2 is 2.06 bits per heavy atom. The maximum atomic E-state index is 12.2. The SMILES string of the molecule is CC1(C)OCC[C@H]2[C@@H](Sc3ccccc3)C(=O)N21. The highest BCUT2D eigenvalue weighted by molar-refractivity contribution is 8.00. The summed E-state index contributed by atoms with van der Waals surface area (Å²) in [7, 11) is 0. The van der Waals surface area contributed by atoms with Gasteiger partial charge in [-0.2, -0.15) is 0 Å². The number of thioether (sulfide) groups is 1. The first-order valence-electron chi connectivity index (χ1n) is 6.28. The van der Waals surface area contributed by atoms with E-state index in [9.17, 15) is 4.79 Å². The van der Waals surface area contributed by atoms with Crippen molar-refractivity contribution in [2.24, 2.45) is 0 Å². The van der Waals surface area contributed by atoms with Crippen molar-refractivity contribution < 1.29 is 9.53 Å². The third-order valence-corrected chi connectivity index (χ3v) is 4.93. The number of hydrogen-bond acceptors (Lipinski definition) is 3. The van der Waals surface area contributed by atoms with E-state index in [1.165, 1.54) is 4.90 Å². The van der Waals surface area contributed by atoms with Gasteiger partial charge < -0.3 is 9.64 Å². The lowest BCUT2D eigenvalue weighted by Gasteiger charge is -2.57. The van der Waals surface area contributed by atoms with Crippen LogP contribution in [-0.2, 0) is 9.53 Å². The van der Waals surface area contributed by atoms with Gasteiger partial charge in [-0.1, -0.05) is 18.2 Å². The molecule has 1 aromatic carbocycles. The van der Waals surface area contributed by atoms with Crippen LogP contribution in [0.1, 0.15) is 20.3 Å². The summed E-state index contributed by atoms with van der Waals surface area (Å²) in [6.45, 7) is 4.69. The molecule has 0 N–H and O–H groups in total. The first-order chi connectivity index (χ1) is 8.59. The number of carbonyl (C=O) groups excluding carboxylic acids is 1. The molecule has 4 heteroatoms. The minimum atomic E-state index is -0.437. The molecule has 1 aromatic rings. The molecular weight excluding hydrogens is 246 g/mol. The maximum Gasteiger partial charge on any atom is 0.240 e. The second-order valence-corrected chi connectivity index (χ2v) is 6.43. The average Bonchev–Trinajstić information content (AvgIpc) is 2.35. The Bertz CT molecular complexity index is 460. The molecule has 2 fully saturated rings. The highest BCUT2D eigenvalue weighted by atomic mass is 32.2. The fourth-order valence-corrected chi connectivity index (χ4v) is 3.97. The van der Waals surface area contributed by atoms with Crippen molar-refractivity contribution in [3.8, 4) is 0 Å². The summed E-state index contributed by atoms with van der Waals surface area (Å²) in [5.41, 5.74) is -0.437. The second kappa shape index (κ2) is 4.28. The van der Waals surface area contributed by atoms with Crippen molar-refractivity contribution in [1.29, 1.82) is 0 Å². The van der Waals surface area contributed by atoms with Gasteiger partial charge in [0.2, 0.25) is 5.91 Å². The zero-order valence-corrected chi connectivity index (χ0v) is 11.4. The number of nitrogens with zero attached hydrogens (tertiary/aromatic N) is 1. The minimum Gasteiger partial charge on any atom is -0.356 e. The van der Waals surface area contributed by atoms with Crippen LogP contribution in [0.3, 0.4) is 0 Å². The van der Waals surface area contributed by atoms with E-state index in [1.807, 2.05) is 36.9 Å². The van der Waals surface area contributed by atoms with Gasteiger partial charge in [0, 0.05) is 4.90 Å². The van der Waals surface area contributed by atoms with Crippen LogP contribution in [0, 0.1) is 0 Å². The van der Waals surface area contributed by atoms with Crippen molar-refractivity contribution in [3.63, 3.8) is 0 Å². The van der Waals surface area contributed by atoms with Crippen LogP contribution in [0.5, 0.6) is 0 Å². The van der Waals surface area contributed by atoms with Crippen LogP contribution in [0.4, 0.5) is 0 Å². The number of ether oxygens (including phenoxy) is 1. The zero-order chi connectivity index (χ0) is 12.8. The van der Waals surface area contributed by atoms with E-state index in [4.69, 9.17) is 4.74 Å². The number of amides is 1. The second-order valence-electron chi connectivity index (χ2n) is 5.21. The standard InChI is InChI=1S/C14H17NO2S/c1-14(2)15-11(8-9-17-14)12(13(15)16)18-10-6-4-3-5-7-10/h3-7,11-12H,8-9H2,1-2H3/t11-,12+/m0/s1. The summed E-state index contributed by atoms with van der Waals surface area (Å²) in [5.74, 6) is 0.207. The van der Waals surface area contributed by atoms with Gasteiger partial charge in [-0.15, -0.1) is 11.8 Å². The van der Waals surface area contributed by atoms with E-state index in [-0.39, 0.29) is 11.2 Å². The molecule has 2 aliphatic rings. The largest absolute Gasteiger partial charge is 0.356 e. The number of benzene rings is 1. The van der Waals surface area contributed by atoms with E-state index >= 15 is 0 Å². The van der Waals surface area contributed by atoms with E-state index < -0.39 is 5.72 Å². The van der Waals surface area contributed by atoms with Gasteiger partial charge in [0.15, 0.2) is 0 Å². The van der Waals surface area contributed by atoms with Crippen molar-refractivity contribution in [2.45, 2.75) is 42.2 Å². The monoisotopic (exact) mass is 263 g/mol. The van der Waals surface area contributed by atoms with Crippen LogP contribution in [0.25, 0.3) is 0 Å². The molecular formula is C14H17NO2S. The topological polar surface area (TPSA) is 29.5 Å². The number of fused-ring (bicyclic) bond motifs is 1. The van der Waals surface area contributed by atoms with E-state index in [0.29, 0.717) is 6.04 Å². The molecule has 0 saturated carbocycles. The summed E-state index contributed by atoms with van der Waals surface area (Å²) in [5, 5.41) is 0.0653. The van der Waals surface area contributed by atoms with Gasteiger partial charge in [0.05, 0.1) is 12.6 Å². The number of rotatable bonds is 2. The fraction of sp³-hybridized carbons (Fsp3) is 0.500. The Morgan fingerprint density at radius 3 is 2.78 bits per heavy atom. The summed E-state index contributed by atoms with van der Waals surface area (Å²) in [6, 6.07) is 10.5. The zero-order valence-electron chi connectivity index (χ0n) is 10.6. The van der Waals surface area contributed by atoms with Gasteiger partial charge in [0.1, 0.15) is 11.0 Å². The molecule has 0 aromatic heterocycles. The van der Waals surface area contributed by atoms with Crippen molar-refractivity contribution >= 4 is 17.7 Å². The first kappa shape index (κ1) is 12.1. The van der Waals surface area contributed by atoms with Crippen LogP contribution in [0.15, 0.2) is 35.2 Å². The quantitative estimate of drug-likeness (QED) is 0.768. The van der Waals surface area contributed by atoms with Crippen LogP contribution < -0.4 is 0 Å². The average molecular weight is 263 g/mol. The summed E-state index contributed by atoms with van der Waals surface area (Å²) in [4.78, 5) is 15.3. The number of carbonyl (C=O) groups is 1. The summed E-state index contributed by atoms with van der Waals surface area (Å²) < 4.78 is 5.66. The molecule has 2 atom stereocenters. The predicted molar refractivity (Wildman–Crippen MR) is 71.4 cm³/mol. The number of β-lactam (4-membered cyclic amide) rings is 1. The molecule has 0 radical (unpaired) electrons. The molecule has 96 valence electrons. The molecule has 2 aliphatic heterocycles. The fourth-order valence-electron chi connectivity index (χ4n) is 2.74. The third kappa shape index (κ3) is 1.84. The smallest absolute Gasteiger partial charge is 0.240 e. The van der Waals surface area contributed by atoms with Gasteiger partial charge in [-0.05, 0) is 32.4 Å². The Hall–Kier alpha value is -1.00. The summed E-state index contributed by atoms with van der Waals surface area (Å²) >= 11 is 1.68. The van der Waals surface area contributed by atoms with Crippen molar-refractivity contribution in [3.05, 3.63) is 30.3 Å². The molecule has 3 rings (SSSR count). The van der Waals surface area contributed by atoms with Crippen LogP contribution in [0.2, 0.25) is 0 Å². The molecule has 3 nitrogen and oxygen atoms in total. The van der Waals surface area contributed by atoms with Crippen molar-refractivity contribution in [2.75, 3.05) is 6.61 Å². The van der Waals surface area contributed by atoms with Gasteiger partial charge >= 0.3 is 0 Å². The normalized spacial score (nSPS) is 29.7. The minimum absolute atomic E-state index is 0.0653. The Kier molecular flexibility index (Phi) is 2.87. The van der Waals surface area contributed by atoms with E-state index in [0.717, 1.165) is 13.0 Å². The summed E-state index contributed by atoms with van der Waals surface area (Å²) in [6.07, 6.45) is 0.944. The molecule has 0 spiro atoms. The number of hydrogen-bond donors (Lipinski definition) is 0. The highest BCUT2D eigenvalue weighted by Gasteiger charge is 2.55. The lowest BCUT2D eigenvalue weighted by molar-refractivity contribution is -0.216. The lowest BCUT2D eigenvalue weighted by atomic mass is 9.92. The highest BCUT2D eigenvalue weighted by Crippen LogP contribution is 2.43. The molecule has 0 bridgehead atoms. The van der Waals surface area contributed by atoms with Crippen LogP contribution >= 0.6 is 11.8 Å². The Morgan fingerprint density at radius 1 is 1.33 bits per heavy atom. The van der Waals surface area contributed by atoms with Crippen molar-refractivity contribution in [1.82, 2.24) is 4.90 Å². The molecule has 2 saturated heterocycles. The molecule has 18 heavy (non-hydrogen) atoms. The van der Waals surface area contributed by atoms with Gasteiger partial charge in [-0.3, -0.25) is 4.79 Å². The van der Waals surface area contributed by atoms with E-state index in [1.54, 1.807) is 11.8 Å². The maximum absolute atomic E-state index is 12.2. The van der Waals surface area contributed by atoms with Gasteiger partial charge in [-0.25, -0.2) is 0 Å². The Balaban J connectivity index is 1.75. The molecule has 1 amide bonds. The van der Waals surface area contributed by atoms with Crippen LogP contribution in [-0.4, -0.2) is 34.4 Å². The molecule has 0 unspecified atom stereocenters. The Labute approximate surface area is 111 Å². The van der Waals surface area contributed by atoms with Gasteiger partial charge in [0.25, 0.3) is 0 Å².